The number of benzene rings is 2. The van der Waals surface area contributed by atoms with Crippen LogP contribution in [0.4, 0.5) is 0 Å². The second-order valence-electron chi connectivity index (χ2n) is 6.35. The topological polar surface area (TPSA) is 35.2 Å². The summed E-state index contributed by atoms with van der Waals surface area (Å²) in [5, 5.41) is 0. The Kier molecular flexibility index (Phi) is 4.74. The number of halogens is 1. The summed E-state index contributed by atoms with van der Waals surface area (Å²) in [6.07, 6.45) is 0. The van der Waals surface area contributed by atoms with E-state index in [0.29, 0.717) is 0 Å². The van der Waals surface area contributed by atoms with Crippen molar-refractivity contribution in [3.05, 3.63) is 58.1 Å². The molecule has 0 saturated heterocycles. The molecule has 0 aromatic heterocycles. The maximum absolute atomic E-state index is 5.90. The van der Waals surface area contributed by atoms with E-state index >= 15 is 0 Å². The molecule has 0 saturated carbocycles. The zero-order chi connectivity index (χ0) is 15.6. The van der Waals surface area contributed by atoms with Gasteiger partial charge in [-0.1, -0.05) is 54.9 Å². The zero-order valence-electron chi connectivity index (χ0n) is 13.0. The Balaban J connectivity index is 2.17. The van der Waals surface area contributed by atoms with Gasteiger partial charge in [0.2, 0.25) is 0 Å². The van der Waals surface area contributed by atoms with Gasteiger partial charge in [-0.2, -0.15) is 0 Å². The summed E-state index contributed by atoms with van der Waals surface area (Å²) in [4.78, 5) is 0. The van der Waals surface area contributed by atoms with E-state index in [0.717, 1.165) is 21.5 Å². The number of ether oxygens (including phenoxy) is 1. The molecule has 0 heterocycles. The highest BCUT2D eigenvalue weighted by atomic mass is 79.9. The predicted octanol–water partition coefficient (Wildman–Crippen LogP) is 5.56. The van der Waals surface area contributed by atoms with Crippen molar-refractivity contribution in [1.29, 1.82) is 0 Å². The van der Waals surface area contributed by atoms with Crippen LogP contribution in [0.1, 0.15) is 44.9 Å². The van der Waals surface area contributed by atoms with Crippen molar-refractivity contribution >= 4 is 15.9 Å². The summed E-state index contributed by atoms with van der Waals surface area (Å²) >= 11 is 3.54. The highest BCUT2D eigenvalue weighted by Crippen LogP contribution is 2.30. The van der Waals surface area contributed by atoms with Crippen molar-refractivity contribution in [3.63, 3.8) is 0 Å². The van der Waals surface area contributed by atoms with Gasteiger partial charge in [0.1, 0.15) is 11.5 Å². The van der Waals surface area contributed by atoms with Gasteiger partial charge >= 0.3 is 0 Å². The fourth-order valence-corrected chi connectivity index (χ4v) is 2.82. The van der Waals surface area contributed by atoms with E-state index in [-0.39, 0.29) is 11.5 Å². The van der Waals surface area contributed by atoms with Crippen molar-refractivity contribution in [2.45, 2.75) is 39.2 Å². The highest BCUT2D eigenvalue weighted by molar-refractivity contribution is 9.10. The molecule has 0 spiro atoms. The summed E-state index contributed by atoms with van der Waals surface area (Å²) in [6.45, 7) is 8.57. The zero-order valence-corrected chi connectivity index (χ0v) is 14.6. The van der Waals surface area contributed by atoms with Gasteiger partial charge in [-0.05, 0) is 47.7 Å². The van der Waals surface area contributed by atoms with E-state index in [4.69, 9.17) is 10.5 Å². The third-order valence-electron chi connectivity index (χ3n) is 3.42. The molecule has 0 radical (unpaired) electrons. The average molecular weight is 348 g/mol. The smallest absolute Gasteiger partial charge is 0.128 e. The fourth-order valence-electron chi connectivity index (χ4n) is 2.10. The van der Waals surface area contributed by atoms with E-state index in [1.54, 1.807) is 0 Å². The molecule has 0 bridgehead atoms. The first-order valence-electron chi connectivity index (χ1n) is 7.11. The maximum atomic E-state index is 5.90. The standard InChI is InChI=1S/C18H22BrNO/c1-12(20)16-10-9-15(11-17(16)19)21-14-7-5-13(6-8-14)18(2,3)4/h5-12H,20H2,1-4H3/t12-/m1/s1. The molecule has 0 amide bonds. The van der Waals surface area contributed by atoms with E-state index in [9.17, 15) is 0 Å². The van der Waals surface area contributed by atoms with Crippen LogP contribution in [-0.2, 0) is 5.41 Å². The number of rotatable bonds is 3. The molecule has 2 aromatic carbocycles. The first kappa shape index (κ1) is 16.1. The molecule has 0 aliphatic heterocycles. The van der Waals surface area contributed by atoms with Crippen LogP contribution in [0.3, 0.4) is 0 Å². The van der Waals surface area contributed by atoms with Crippen molar-refractivity contribution in [1.82, 2.24) is 0 Å². The Bertz CT molecular complexity index is 612. The molecule has 2 rings (SSSR count). The fraction of sp³-hybridized carbons (Fsp3) is 0.333. The molecule has 0 aliphatic carbocycles. The number of hydrogen-bond donors (Lipinski definition) is 1. The molecule has 112 valence electrons. The summed E-state index contributed by atoms with van der Waals surface area (Å²) in [5.41, 5.74) is 8.43. The monoisotopic (exact) mass is 347 g/mol. The van der Waals surface area contributed by atoms with Gasteiger partial charge in [0.15, 0.2) is 0 Å². The summed E-state index contributed by atoms with van der Waals surface area (Å²) in [7, 11) is 0. The van der Waals surface area contributed by atoms with Crippen molar-refractivity contribution in [2.75, 3.05) is 0 Å². The lowest BCUT2D eigenvalue weighted by atomic mass is 9.87. The van der Waals surface area contributed by atoms with E-state index < -0.39 is 0 Å². The minimum absolute atomic E-state index is 0.000468. The van der Waals surface area contributed by atoms with Crippen molar-refractivity contribution < 1.29 is 4.74 Å². The van der Waals surface area contributed by atoms with Gasteiger partial charge in [0.25, 0.3) is 0 Å². The summed E-state index contributed by atoms with van der Waals surface area (Å²) in [5.74, 6) is 1.64. The van der Waals surface area contributed by atoms with Gasteiger partial charge in [0, 0.05) is 10.5 Å². The number of hydrogen-bond acceptors (Lipinski definition) is 2. The first-order chi connectivity index (χ1) is 9.77. The van der Waals surface area contributed by atoms with Crippen LogP contribution in [0.25, 0.3) is 0 Å². The van der Waals surface area contributed by atoms with Crippen LogP contribution in [0.5, 0.6) is 11.5 Å². The molecular weight excluding hydrogens is 326 g/mol. The van der Waals surface area contributed by atoms with Crippen LogP contribution in [0, 0.1) is 0 Å². The lowest BCUT2D eigenvalue weighted by Crippen LogP contribution is -2.10. The van der Waals surface area contributed by atoms with Gasteiger partial charge in [0.05, 0.1) is 0 Å². The van der Waals surface area contributed by atoms with E-state index in [1.165, 1.54) is 5.56 Å². The normalized spacial score (nSPS) is 13.0. The highest BCUT2D eigenvalue weighted by Gasteiger charge is 2.13. The van der Waals surface area contributed by atoms with Crippen LogP contribution in [0.2, 0.25) is 0 Å². The van der Waals surface area contributed by atoms with Gasteiger partial charge in [-0.25, -0.2) is 0 Å². The largest absolute Gasteiger partial charge is 0.457 e. The summed E-state index contributed by atoms with van der Waals surface area (Å²) < 4.78 is 6.86. The minimum Gasteiger partial charge on any atom is -0.457 e. The van der Waals surface area contributed by atoms with Crippen LogP contribution in [-0.4, -0.2) is 0 Å². The molecule has 2 aromatic rings. The Morgan fingerprint density at radius 3 is 2.05 bits per heavy atom. The Morgan fingerprint density at radius 2 is 1.57 bits per heavy atom. The molecular formula is C18H22BrNO. The third kappa shape index (κ3) is 4.08. The predicted molar refractivity (Wildman–Crippen MR) is 92.0 cm³/mol. The van der Waals surface area contributed by atoms with Gasteiger partial charge in [-0.3, -0.25) is 0 Å². The van der Waals surface area contributed by atoms with Crippen molar-refractivity contribution in [3.8, 4) is 11.5 Å². The second-order valence-corrected chi connectivity index (χ2v) is 7.20. The third-order valence-corrected chi connectivity index (χ3v) is 4.11. The van der Waals surface area contributed by atoms with E-state index in [2.05, 4.69) is 48.8 Å². The molecule has 1 atom stereocenters. The number of nitrogens with two attached hydrogens (primary N) is 1. The Hall–Kier alpha value is -1.32. The average Bonchev–Trinajstić information content (AvgIpc) is 2.38. The van der Waals surface area contributed by atoms with Gasteiger partial charge < -0.3 is 10.5 Å². The molecule has 0 fully saturated rings. The molecule has 0 aliphatic rings. The van der Waals surface area contributed by atoms with Crippen molar-refractivity contribution in [2.24, 2.45) is 5.73 Å². The quantitative estimate of drug-likeness (QED) is 0.788. The first-order valence-corrected chi connectivity index (χ1v) is 7.90. The van der Waals surface area contributed by atoms with E-state index in [1.807, 2.05) is 37.3 Å². The lowest BCUT2D eigenvalue weighted by Gasteiger charge is -2.19. The molecule has 2 N–H and O–H groups in total. The lowest BCUT2D eigenvalue weighted by molar-refractivity contribution is 0.480. The van der Waals surface area contributed by atoms with Crippen LogP contribution >= 0.6 is 15.9 Å². The Morgan fingerprint density at radius 1 is 1.00 bits per heavy atom. The van der Waals surface area contributed by atoms with Crippen LogP contribution < -0.4 is 10.5 Å². The maximum Gasteiger partial charge on any atom is 0.128 e. The molecule has 0 unspecified atom stereocenters. The minimum atomic E-state index is -0.000468. The van der Waals surface area contributed by atoms with Gasteiger partial charge in [-0.15, -0.1) is 0 Å². The molecule has 2 nitrogen and oxygen atoms in total. The molecule has 3 heteroatoms. The molecule has 21 heavy (non-hydrogen) atoms. The summed E-state index contributed by atoms with van der Waals surface area (Å²) in [6, 6.07) is 14.1. The van der Waals surface area contributed by atoms with Crippen LogP contribution in [0.15, 0.2) is 46.9 Å². The Labute approximate surface area is 135 Å². The SMILES string of the molecule is C[C@@H](N)c1ccc(Oc2ccc(C(C)(C)C)cc2)cc1Br. The second kappa shape index (κ2) is 6.20.